The number of thiophene rings is 1. The highest BCUT2D eigenvalue weighted by molar-refractivity contribution is 7.24. The van der Waals surface area contributed by atoms with Crippen molar-refractivity contribution in [2.45, 2.75) is 52.4 Å². The number of hydrogen-bond donors (Lipinski definition) is 3. The Balaban J connectivity index is 1.47. The van der Waals surface area contributed by atoms with Crippen molar-refractivity contribution >= 4 is 56.1 Å². The average Bonchev–Trinajstić information content (AvgIpc) is 4.15. The molecule has 4 aromatic carbocycles. The van der Waals surface area contributed by atoms with Gasteiger partial charge in [0.05, 0.1) is 51.2 Å². The summed E-state index contributed by atoms with van der Waals surface area (Å²) in [6.07, 6.45) is 8.22. The van der Waals surface area contributed by atoms with Crippen molar-refractivity contribution in [1.82, 2.24) is 15.0 Å². The zero-order chi connectivity index (χ0) is 46.7. The van der Waals surface area contributed by atoms with E-state index in [-0.39, 0.29) is 45.3 Å². The van der Waals surface area contributed by atoms with E-state index in [0.717, 1.165) is 65.2 Å². The van der Waals surface area contributed by atoms with Crippen LogP contribution in [0, 0.1) is 0 Å². The Hall–Kier alpha value is -7.30. The number of nitrogens with zero attached hydrogens (tertiary/aromatic N) is 2. The number of benzene rings is 4. The second-order valence-electron chi connectivity index (χ2n) is 18.5. The first-order chi connectivity index (χ1) is 31.6. The summed E-state index contributed by atoms with van der Waals surface area (Å²) in [6, 6.07) is 33.2. The normalized spacial score (nSPS) is 12.4. The Morgan fingerprint density at radius 2 is 0.742 bits per heavy atom. The van der Waals surface area contributed by atoms with E-state index < -0.39 is 0 Å². The largest absolute Gasteiger partial charge is 0.502 e. The number of phenols is 2. The van der Waals surface area contributed by atoms with Gasteiger partial charge in [0.2, 0.25) is 11.5 Å². The molecule has 2 aliphatic rings. The molecular formula is C56H53N3O6S. The second-order valence-corrected chi connectivity index (χ2v) is 19.6. The highest BCUT2D eigenvalue weighted by Crippen LogP contribution is 2.46. The van der Waals surface area contributed by atoms with Gasteiger partial charge in [0.25, 0.3) is 0 Å². The molecule has 0 fully saturated rings. The van der Waals surface area contributed by atoms with Gasteiger partial charge in [-0.05, 0) is 117 Å². The number of aromatic amines is 1. The molecule has 9 rings (SSSR count). The van der Waals surface area contributed by atoms with E-state index in [1.807, 2.05) is 24.3 Å². The third kappa shape index (κ3) is 7.96. The zero-order valence-corrected chi connectivity index (χ0v) is 39.7. The molecule has 0 spiro atoms. The van der Waals surface area contributed by atoms with Crippen LogP contribution < -0.4 is 18.9 Å². The Bertz CT molecular complexity index is 3010. The molecule has 0 saturated carbocycles. The molecule has 0 unspecified atom stereocenters. The number of phenolic OH excluding ortho intramolecular Hbond substituents is 2. The summed E-state index contributed by atoms with van der Waals surface area (Å²) in [4.78, 5) is 14.7. The molecule has 3 aromatic heterocycles. The van der Waals surface area contributed by atoms with E-state index in [4.69, 9.17) is 28.9 Å². The van der Waals surface area contributed by atoms with E-state index in [0.29, 0.717) is 22.5 Å². The Morgan fingerprint density at radius 3 is 1.05 bits per heavy atom. The molecule has 66 heavy (non-hydrogen) atoms. The van der Waals surface area contributed by atoms with Crippen molar-refractivity contribution in [1.29, 1.82) is 0 Å². The summed E-state index contributed by atoms with van der Waals surface area (Å²) in [5.41, 5.74) is 13.9. The molecule has 0 saturated heterocycles. The summed E-state index contributed by atoms with van der Waals surface area (Å²) in [7, 11) is 6.06. The molecule has 10 heteroatoms. The third-order valence-corrected chi connectivity index (χ3v) is 13.4. The van der Waals surface area contributed by atoms with Gasteiger partial charge in [-0.1, -0.05) is 90.1 Å². The molecule has 2 aliphatic heterocycles. The van der Waals surface area contributed by atoms with E-state index in [9.17, 15) is 10.2 Å². The summed E-state index contributed by atoms with van der Waals surface area (Å²) < 4.78 is 24.8. The fourth-order valence-corrected chi connectivity index (χ4v) is 9.80. The fraction of sp³-hybridized carbons (Fsp3) is 0.214. The standard InChI is InChI=1S/C56H53N3O6S/c1-55(2,3)35-15-11-31(12-16-35)51-41-23-21-39(58-41)49(33-27-43(62-7)53(60)44(28-33)63-8)37-19-20-38(57-37)50(34-29-45(64-9)54(61)46(30-34)65-10)40-22-24-42(59-40)52(48-26-25-47(51)66-48)32-13-17-36(18-14-32)56(4,5)6/h11-30,57,60-61H,1-10H3. The van der Waals surface area contributed by atoms with Crippen LogP contribution in [0.1, 0.15) is 75.4 Å². The number of rotatable bonds is 8. The van der Waals surface area contributed by atoms with Gasteiger partial charge in [-0.3, -0.25) is 0 Å². The molecule has 7 aromatic rings. The minimum Gasteiger partial charge on any atom is -0.502 e. The SMILES string of the molecule is COc1cc(-c2c3nc(c(-c4ccc(C(C)(C)C)cc4)c4ccc(s4)c(-c4ccc(C(C)(C)C)cc4)c4nc(c(-c5cc(OC)c(O)c(OC)c5)c5ccc2[nH]5)C=C4)C=C3)cc(OC)c1O. The number of fused-ring (bicyclic) bond motifs is 8. The molecule has 0 radical (unpaired) electrons. The van der Waals surface area contributed by atoms with Crippen molar-refractivity contribution in [2.75, 3.05) is 28.4 Å². The topological polar surface area (TPSA) is 119 Å². The quantitative estimate of drug-likeness (QED) is 0.138. The van der Waals surface area contributed by atoms with Crippen LogP contribution in [0.3, 0.4) is 0 Å². The number of methoxy groups -OCH3 is 4. The predicted octanol–water partition coefficient (Wildman–Crippen LogP) is 14.1. The van der Waals surface area contributed by atoms with E-state index in [1.165, 1.54) is 39.6 Å². The maximum Gasteiger partial charge on any atom is 0.200 e. The molecule has 8 bridgehead atoms. The number of H-pyrrole nitrogens is 1. The van der Waals surface area contributed by atoms with Crippen molar-refractivity contribution in [3.63, 3.8) is 0 Å². The summed E-state index contributed by atoms with van der Waals surface area (Å²) >= 11 is 1.71. The molecule has 5 heterocycles. The summed E-state index contributed by atoms with van der Waals surface area (Å²) in [6.45, 7) is 13.3. The first-order valence-corrected chi connectivity index (χ1v) is 22.6. The lowest BCUT2D eigenvalue weighted by Crippen LogP contribution is -2.10. The molecular weight excluding hydrogens is 843 g/mol. The minimum atomic E-state index is -0.103. The second kappa shape index (κ2) is 16.9. The van der Waals surface area contributed by atoms with Crippen LogP contribution in [-0.2, 0) is 10.8 Å². The first kappa shape index (κ1) is 43.9. The van der Waals surface area contributed by atoms with Crippen molar-refractivity contribution < 1.29 is 29.2 Å². The zero-order valence-electron chi connectivity index (χ0n) is 38.9. The number of aromatic hydroxyl groups is 2. The van der Waals surface area contributed by atoms with Gasteiger partial charge < -0.3 is 34.1 Å². The van der Waals surface area contributed by atoms with Gasteiger partial charge in [0, 0.05) is 42.7 Å². The minimum absolute atomic E-state index is 0.0218. The van der Waals surface area contributed by atoms with Crippen LogP contribution in [0.2, 0.25) is 0 Å². The summed E-state index contributed by atoms with van der Waals surface area (Å²) in [5.74, 6) is 0.809. The lowest BCUT2D eigenvalue weighted by Gasteiger charge is -2.19. The summed E-state index contributed by atoms with van der Waals surface area (Å²) in [5, 5.41) is 22.1. The number of hydrogen-bond acceptors (Lipinski definition) is 9. The van der Waals surface area contributed by atoms with Gasteiger partial charge >= 0.3 is 0 Å². The van der Waals surface area contributed by atoms with Crippen molar-refractivity contribution in [3.05, 3.63) is 131 Å². The Labute approximate surface area is 389 Å². The lowest BCUT2D eigenvalue weighted by atomic mass is 9.86. The van der Waals surface area contributed by atoms with Crippen LogP contribution in [0.4, 0.5) is 0 Å². The highest BCUT2D eigenvalue weighted by atomic mass is 32.1. The van der Waals surface area contributed by atoms with Crippen molar-refractivity contribution in [3.8, 4) is 79.0 Å². The molecule has 334 valence electrons. The molecule has 0 atom stereocenters. The van der Waals surface area contributed by atoms with Gasteiger partial charge in [-0.2, -0.15) is 0 Å². The molecule has 0 aliphatic carbocycles. The fourth-order valence-electron chi connectivity index (χ4n) is 8.64. The van der Waals surface area contributed by atoms with Crippen LogP contribution in [0.15, 0.2) is 97.1 Å². The van der Waals surface area contributed by atoms with Gasteiger partial charge in [0.1, 0.15) is 0 Å². The van der Waals surface area contributed by atoms with Crippen LogP contribution in [0.5, 0.6) is 34.5 Å². The molecule has 0 amide bonds. The Morgan fingerprint density at radius 1 is 0.424 bits per heavy atom. The van der Waals surface area contributed by atoms with Crippen LogP contribution >= 0.6 is 11.3 Å². The lowest BCUT2D eigenvalue weighted by molar-refractivity contribution is 0.340. The van der Waals surface area contributed by atoms with E-state index in [1.54, 1.807) is 35.6 Å². The molecule has 9 nitrogen and oxygen atoms in total. The van der Waals surface area contributed by atoms with E-state index in [2.05, 4.69) is 119 Å². The van der Waals surface area contributed by atoms with Gasteiger partial charge in [-0.25, -0.2) is 9.97 Å². The number of nitrogens with one attached hydrogen (secondary N) is 1. The van der Waals surface area contributed by atoms with Gasteiger partial charge in [0.15, 0.2) is 23.0 Å². The molecule has 3 N–H and O–H groups in total. The van der Waals surface area contributed by atoms with E-state index >= 15 is 0 Å². The average molecular weight is 896 g/mol. The Kier molecular flexibility index (Phi) is 11.3. The number of ether oxygens (including phenoxy) is 4. The highest BCUT2D eigenvalue weighted by Gasteiger charge is 2.23. The maximum atomic E-state index is 11.1. The van der Waals surface area contributed by atoms with Crippen molar-refractivity contribution in [2.24, 2.45) is 0 Å². The van der Waals surface area contributed by atoms with Crippen LogP contribution in [0.25, 0.3) is 89.2 Å². The van der Waals surface area contributed by atoms with Gasteiger partial charge in [-0.15, -0.1) is 11.3 Å². The number of aromatic nitrogens is 3. The monoisotopic (exact) mass is 895 g/mol. The maximum absolute atomic E-state index is 11.1. The van der Waals surface area contributed by atoms with Crippen LogP contribution in [-0.4, -0.2) is 53.6 Å². The smallest absolute Gasteiger partial charge is 0.200 e. The third-order valence-electron chi connectivity index (χ3n) is 12.2. The first-order valence-electron chi connectivity index (χ1n) is 21.8. The predicted molar refractivity (Wildman–Crippen MR) is 271 cm³/mol.